The highest BCUT2D eigenvalue weighted by Crippen LogP contribution is 2.37. The van der Waals surface area contributed by atoms with Crippen LogP contribution in [-0.4, -0.2) is 4.98 Å². The summed E-state index contributed by atoms with van der Waals surface area (Å²) in [4.78, 5) is 4.59. The molecule has 1 heterocycles. The van der Waals surface area contributed by atoms with Crippen LogP contribution in [-0.2, 0) is 6.42 Å². The number of pyridine rings is 1. The third-order valence-electron chi connectivity index (χ3n) is 6.06. The van der Waals surface area contributed by atoms with E-state index >= 15 is 0 Å². The van der Waals surface area contributed by atoms with Crippen molar-refractivity contribution in [2.24, 2.45) is 5.92 Å². The van der Waals surface area contributed by atoms with Crippen molar-refractivity contribution in [3.63, 3.8) is 0 Å². The van der Waals surface area contributed by atoms with E-state index in [2.05, 4.69) is 31.0 Å². The van der Waals surface area contributed by atoms with Crippen LogP contribution in [0.15, 0.2) is 36.5 Å². The van der Waals surface area contributed by atoms with Crippen molar-refractivity contribution in [3.05, 3.63) is 53.5 Å². The first-order valence-corrected chi connectivity index (χ1v) is 10.5. The summed E-state index contributed by atoms with van der Waals surface area (Å²) >= 11 is 0. The van der Waals surface area contributed by atoms with Gasteiger partial charge in [0.05, 0.1) is 5.69 Å². The Labute approximate surface area is 158 Å². The van der Waals surface area contributed by atoms with E-state index in [0.717, 1.165) is 30.0 Å². The molecule has 0 radical (unpaired) electrons. The Kier molecular flexibility index (Phi) is 6.82. The van der Waals surface area contributed by atoms with Gasteiger partial charge in [-0.2, -0.15) is 0 Å². The smallest absolute Gasteiger partial charge is 0.132 e. The summed E-state index contributed by atoms with van der Waals surface area (Å²) in [5, 5.41) is 0. The van der Waals surface area contributed by atoms with Gasteiger partial charge in [0.25, 0.3) is 0 Å². The molecule has 2 aromatic rings. The quantitative estimate of drug-likeness (QED) is 0.476. The SMILES string of the molecule is CCCCCc1ccc(-c2ccc(C3CCC(CC)CC3)cn2)c(F)c1. The zero-order valence-corrected chi connectivity index (χ0v) is 16.3. The Morgan fingerprint density at radius 3 is 2.42 bits per heavy atom. The minimum atomic E-state index is -0.150. The molecule has 0 amide bonds. The molecule has 1 aromatic heterocycles. The Morgan fingerprint density at radius 2 is 1.81 bits per heavy atom. The van der Waals surface area contributed by atoms with E-state index in [1.54, 1.807) is 6.07 Å². The average Bonchev–Trinajstić information content (AvgIpc) is 2.69. The Bertz CT molecular complexity index is 684. The van der Waals surface area contributed by atoms with E-state index in [1.165, 1.54) is 50.5 Å². The summed E-state index contributed by atoms with van der Waals surface area (Å²) in [5.74, 6) is 1.39. The third kappa shape index (κ3) is 4.72. The van der Waals surface area contributed by atoms with Crippen molar-refractivity contribution in [1.82, 2.24) is 4.98 Å². The Balaban J connectivity index is 1.66. The van der Waals surface area contributed by atoms with Crippen LogP contribution >= 0.6 is 0 Å². The van der Waals surface area contributed by atoms with Gasteiger partial charge in [0.15, 0.2) is 0 Å². The molecule has 26 heavy (non-hydrogen) atoms. The molecule has 2 heteroatoms. The highest BCUT2D eigenvalue weighted by molar-refractivity contribution is 5.60. The van der Waals surface area contributed by atoms with Gasteiger partial charge in [-0.1, -0.05) is 45.2 Å². The van der Waals surface area contributed by atoms with Gasteiger partial charge in [-0.15, -0.1) is 0 Å². The molecule has 0 N–H and O–H groups in total. The van der Waals surface area contributed by atoms with Gasteiger partial charge in [-0.25, -0.2) is 4.39 Å². The van der Waals surface area contributed by atoms with Gasteiger partial charge in [-0.05, 0) is 79.7 Å². The first-order valence-electron chi connectivity index (χ1n) is 10.5. The fraction of sp³-hybridized carbons (Fsp3) is 0.542. The molecule has 0 atom stereocenters. The molecule has 0 spiro atoms. The van der Waals surface area contributed by atoms with Gasteiger partial charge in [0.2, 0.25) is 0 Å². The minimum Gasteiger partial charge on any atom is -0.256 e. The lowest BCUT2D eigenvalue weighted by molar-refractivity contribution is 0.318. The Morgan fingerprint density at radius 1 is 1.00 bits per heavy atom. The maximum atomic E-state index is 14.5. The molecule has 1 aliphatic carbocycles. The lowest BCUT2D eigenvalue weighted by Gasteiger charge is -2.27. The normalized spacial score (nSPS) is 20.3. The molecule has 1 aromatic carbocycles. The van der Waals surface area contributed by atoms with Gasteiger partial charge in [0.1, 0.15) is 5.82 Å². The molecule has 3 rings (SSSR count). The predicted molar refractivity (Wildman–Crippen MR) is 108 cm³/mol. The summed E-state index contributed by atoms with van der Waals surface area (Å²) in [6.45, 7) is 4.49. The predicted octanol–water partition coefficient (Wildman–Crippen LogP) is 7.30. The van der Waals surface area contributed by atoms with E-state index in [4.69, 9.17) is 0 Å². The largest absolute Gasteiger partial charge is 0.256 e. The monoisotopic (exact) mass is 353 g/mol. The number of halogens is 1. The van der Waals surface area contributed by atoms with Gasteiger partial charge < -0.3 is 0 Å². The number of unbranched alkanes of at least 4 members (excludes halogenated alkanes) is 2. The summed E-state index contributed by atoms with van der Waals surface area (Å²) in [6, 6.07) is 9.79. The molecule has 1 nitrogen and oxygen atoms in total. The van der Waals surface area contributed by atoms with Crippen LogP contribution < -0.4 is 0 Å². The summed E-state index contributed by atoms with van der Waals surface area (Å²) in [6.07, 6.45) is 12.9. The lowest BCUT2D eigenvalue weighted by atomic mass is 9.78. The Hall–Kier alpha value is -1.70. The zero-order chi connectivity index (χ0) is 18.4. The number of aryl methyl sites for hydroxylation is 1. The number of rotatable bonds is 7. The molecule has 0 aliphatic heterocycles. The number of hydrogen-bond acceptors (Lipinski definition) is 1. The second-order valence-corrected chi connectivity index (χ2v) is 7.87. The molecular formula is C24H32FN. The van der Waals surface area contributed by atoms with Crippen LogP contribution in [0.4, 0.5) is 4.39 Å². The van der Waals surface area contributed by atoms with E-state index in [1.807, 2.05) is 18.3 Å². The van der Waals surface area contributed by atoms with E-state index < -0.39 is 0 Å². The van der Waals surface area contributed by atoms with Crippen molar-refractivity contribution in [1.29, 1.82) is 0 Å². The first-order chi connectivity index (χ1) is 12.7. The van der Waals surface area contributed by atoms with Crippen LogP contribution in [0.2, 0.25) is 0 Å². The number of nitrogens with zero attached hydrogens (tertiary/aromatic N) is 1. The fourth-order valence-corrected chi connectivity index (χ4v) is 4.21. The average molecular weight is 354 g/mol. The first kappa shape index (κ1) is 19.1. The highest BCUT2D eigenvalue weighted by Gasteiger charge is 2.21. The number of aromatic nitrogens is 1. The number of hydrogen-bond donors (Lipinski definition) is 0. The summed E-state index contributed by atoms with van der Waals surface area (Å²) in [7, 11) is 0. The van der Waals surface area contributed by atoms with Crippen LogP contribution in [0.25, 0.3) is 11.3 Å². The third-order valence-corrected chi connectivity index (χ3v) is 6.06. The second-order valence-electron chi connectivity index (χ2n) is 7.87. The van der Waals surface area contributed by atoms with Crippen molar-refractivity contribution in [2.45, 2.75) is 77.6 Å². The van der Waals surface area contributed by atoms with E-state index in [0.29, 0.717) is 11.5 Å². The molecular weight excluding hydrogens is 321 g/mol. The lowest BCUT2D eigenvalue weighted by Crippen LogP contribution is -2.12. The van der Waals surface area contributed by atoms with Crippen LogP contribution in [0, 0.1) is 11.7 Å². The topological polar surface area (TPSA) is 12.9 Å². The highest BCUT2D eigenvalue weighted by atomic mass is 19.1. The zero-order valence-electron chi connectivity index (χ0n) is 16.3. The second kappa shape index (κ2) is 9.30. The van der Waals surface area contributed by atoms with Crippen molar-refractivity contribution in [2.75, 3.05) is 0 Å². The van der Waals surface area contributed by atoms with E-state index in [9.17, 15) is 4.39 Å². The van der Waals surface area contributed by atoms with E-state index in [-0.39, 0.29) is 5.82 Å². The van der Waals surface area contributed by atoms with Crippen LogP contribution in [0.1, 0.15) is 82.3 Å². The number of benzene rings is 1. The van der Waals surface area contributed by atoms with Gasteiger partial charge >= 0.3 is 0 Å². The minimum absolute atomic E-state index is 0.150. The molecule has 0 saturated heterocycles. The molecule has 0 unspecified atom stereocenters. The summed E-state index contributed by atoms with van der Waals surface area (Å²) in [5.41, 5.74) is 3.77. The van der Waals surface area contributed by atoms with Crippen molar-refractivity contribution >= 4 is 0 Å². The molecule has 1 aliphatic rings. The van der Waals surface area contributed by atoms with Crippen molar-refractivity contribution < 1.29 is 4.39 Å². The standard InChI is InChI=1S/C24H32FN/c1-3-5-6-7-19-10-14-22(23(25)16-19)24-15-13-21(17-26-24)20-11-8-18(4-2)9-12-20/h10,13-18,20H,3-9,11-12H2,1-2H3. The van der Waals surface area contributed by atoms with Crippen molar-refractivity contribution in [3.8, 4) is 11.3 Å². The fourth-order valence-electron chi connectivity index (χ4n) is 4.21. The van der Waals surface area contributed by atoms with Crippen LogP contribution in [0.3, 0.4) is 0 Å². The molecule has 140 valence electrons. The molecule has 0 bridgehead atoms. The molecule has 1 fully saturated rings. The van der Waals surface area contributed by atoms with Gasteiger partial charge in [0, 0.05) is 11.8 Å². The van der Waals surface area contributed by atoms with Crippen LogP contribution in [0.5, 0.6) is 0 Å². The summed E-state index contributed by atoms with van der Waals surface area (Å²) < 4.78 is 14.5. The maximum absolute atomic E-state index is 14.5. The van der Waals surface area contributed by atoms with Gasteiger partial charge in [-0.3, -0.25) is 4.98 Å². The maximum Gasteiger partial charge on any atom is 0.132 e. The molecule has 1 saturated carbocycles.